The summed E-state index contributed by atoms with van der Waals surface area (Å²) in [6.07, 6.45) is 0.0970. The van der Waals surface area contributed by atoms with E-state index in [1.54, 1.807) is 6.07 Å². The first-order chi connectivity index (χ1) is 15.5. The normalized spacial score (nSPS) is 24.8. The lowest BCUT2D eigenvalue weighted by Gasteiger charge is -2.16. The van der Waals surface area contributed by atoms with Crippen LogP contribution in [0.25, 0.3) is 33.2 Å². The Hall–Kier alpha value is -3.09. The number of fused-ring (bicyclic) bond motifs is 3. The molecule has 2 aliphatic rings. The van der Waals surface area contributed by atoms with Gasteiger partial charge in [0.1, 0.15) is 35.5 Å². The van der Waals surface area contributed by atoms with E-state index in [0.717, 1.165) is 16.5 Å². The van der Waals surface area contributed by atoms with E-state index in [2.05, 4.69) is 11.1 Å². The van der Waals surface area contributed by atoms with E-state index < -0.39 is 18.3 Å². The highest BCUT2D eigenvalue weighted by Gasteiger charge is 2.48. The maximum Gasteiger partial charge on any atom is 0.212 e. The maximum atomic E-state index is 9.94. The van der Waals surface area contributed by atoms with Crippen LogP contribution >= 0.6 is 11.6 Å². The smallest absolute Gasteiger partial charge is 0.212 e. The highest BCUT2D eigenvalue weighted by molar-refractivity contribution is 6.33. The Morgan fingerprint density at radius 2 is 2.09 bits per heavy atom. The molecule has 5 heterocycles. The molecule has 0 aliphatic carbocycles. The molecule has 9 heteroatoms. The van der Waals surface area contributed by atoms with Crippen LogP contribution in [0.15, 0.2) is 36.5 Å². The number of nitrogens with zero attached hydrogens (tertiary/aromatic N) is 3. The molecule has 0 saturated carbocycles. The Morgan fingerprint density at radius 1 is 1.25 bits per heavy atom. The second-order valence-corrected chi connectivity index (χ2v) is 8.58. The number of H-pyrrole nitrogens is 1. The van der Waals surface area contributed by atoms with Crippen molar-refractivity contribution in [2.24, 2.45) is 7.05 Å². The minimum absolute atomic E-state index is 0.208. The quantitative estimate of drug-likeness (QED) is 0.496. The van der Waals surface area contributed by atoms with Crippen molar-refractivity contribution in [1.29, 1.82) is 5.26 Å². The van der Waals surface area contributed by atoms with E-state index in [1.807, 2.05) is 42.1 Å². The van der Waals surface area contributed by atoms with Crippen molar-refractivity contribution in [2.75, 3.05) is 13.2 Å². The van der Waals surface area contributed by atoms with Gasteiger partial charge in [-0.25, -0.2) is 4.98 Å². The summed E-state index contributed by atoms with van der Waals surface area (Å²) in [6.45, 7) is 0.475. The maximum absolute atomic E-state index is 9.94. The summed E-state index contributed by atoms with van der Waals surface area (Å²) < 4.78 is 19.4. The van der Waals surface area contributed by atoms with Crippen LogP contribution in [-0.4, -0.2) is 57.3 Å². The summed E-state index contributed by atoms with van der Waals surface area (Å²) in [5.41, 5.74) is 3.95. The summed E-state index contributed by atoms with van der Waals surface area (Å²) >= 11 is 6.58. The zero-order valence-corrected chi connectivity index (χ0v) is 17.8. The minimum Gasteiger partial charge on any atom is -0.469 e. The molecule has 4 atom stereocenters. The number of aryl methyl sites for hydroxylation is 1. The lowest BCUT2D eigenvalue weighted by Crippen LogP contribution is -2.34. The Morgan fingerprint density at radius 3 is 2.94 bits per heavy atom. The first-order valence-electron chi connectivity index (χ1n) is 10.3. The predicted octanol–water partition coefficient (Wildman–Crippen LogP) is 3.15. The Bertz CT molecular complexity index is 1400. The van der Waals surface area contributed by atoms with Gasteiger partial charge in [0.2, 0.25) is 5.88 Å². The summed E-state index contributed by atoms with van der Waals surface area (Å²) in [5, 5.41) is 21.3. The number of aliphatic hydroxyl groups excluding tert-OH is 1. The highest BCUT2D eigenvalue weighted by atomic mass is 35.5. The molecule has 0 bridgehead atoms. The Labute approximate surface area is 187 Å². The molecule has 1 aromatic carbocycles. The van der Waals surface area contributed by atoms with Gasteiger partial charge in [-0.2, -0.15) is 5.26 Å². The zero-order chi connectivity index (χ0) is 22.0. The third-order valence-corrected chi connectivity index (χ3v) is 6.50. The Balaban J connectivity index is 1.40. The molecule has 8 nitrogen and oxygen atoms in total. The van der Waals surface area contributed by atoms with Crippen LogP contribution in [0.2, 0.25) is 5.02 Å². The number of nitriles is 1. The fourth-order valence-corrected chi connectivity index (χ4v) is 4.85. The molecule has 3 aromatic heterocycles. The van der Waals surface area contributed by atoms with E-state index in [4.69, 9.17) is 30.8 Å². The lowest BCUT2D eigenvalue weighted by atomic mass is 10.1. The fourth-order valence-electron chi connectivity index (χ4n) is 4.59. The molecule has 0 unspecified atom stereocenters. The standard InChI is InChI=1S/C23H19ClN4O4/c1-28-5-4-11-6-12(2-3-16(11)28)19-14(24)7-15-20(27-19)13(8-25)23(26-15)32-18-10-31-21-17(29)9-30-22(18)21/h2-7,17-18,21-22,26,29H,9-10H2,1H3/t17-,18-,21-,22-/m1/s1. The van der Waals surface area contributed by atoms with Gasteiger partial charge in [0, 0.05) is 29.7 Å². The van der Waals surface area contributed by atoms with Gasteiger partial charge in [-0.1, -0.05) is 17.7 Å². The van der Waals surface area contributed by atoms with Crippen LogP contribution in [0.4, 0.5) is 0 Å². The molecule has 6 rings (SSSR count). The van der Waals surface area contributed by atoms with Crippen molar-refractivity contribution >= 4 is 33.5 Å². The van der Waals surface area contributed by atoms with Crippen LogP contribution in [0.1, 0.15) is 5.56 Å². The Kier molecular flexibility index (Phi) is 4.42. The fraction of sp³-hybridized carbons (Fsp3) is 0.304. The number of pyridine rings is 1. The van der Waals surface area contributed by atoms with Gasteiger partial charge in [-0.05, 0) is 24.3 Å². The van der Waals surface area contributed by atoms with Crippen molar-refractivity contribution in [3.63, 3.8) is 0 Å². The van der Waals surface area contributed by atoms with Gasteiger partial charge in [0.25, 0.3) is 0 Å². The molecule has 0 amide bonds. The molecule has 2 N–H and O–H groups in total. The number of aromatic nitrogens is 3. The summed E-state index contributed by atoms with van der Waals surface area (Å²) in [4.78, 5) is 7.85. The largest absolute Gasteiger partial charge is 0.469 e. The average Bonchev–Trinajstić information content (AvgIpc) is 3.53. The van der Waals surface area contributed by atoms with Crippen molar-refractivity contribution in [3.05, 3.63) is 47.1 Å². The van der Waals surface area contributed by atoms with Crippen LogP contribution in [-0.2, 0) is 16.5 Å². The van der Waals surface area contributed by atoms with E-state index in [9.17, 15) is 10.4 Å². The van der Waals surface area contributed by atoms with E-state index >= 15 is 0 Å². The molecule has 4 aromatic rings. The molecule has 2 fully saturated rings. The first kappa shape index (κ1) is 19.6. The minimum atomic E-state index is -0.670. The summed E-state index contributed by atoms with van der Waals surface area (Å²) in [6, 6.07) is 12.0. The van der Waals surface area contributed by atoms with Crippen LogP contribution < -0.4 is 4.74 Å². The SMILES string of the molecule is Cn1ccc2cc(-c3nc4c(C#N)c(O[C@@H]5CO[C@H]6[C@@H]5OC[C@H]6O)[nH]c4cc3Cl)ccc21. The number of hydrogen-bond acceptors (Lipinski definition) is 6. The topological polar surface area (TPSA) is 105 Å². The molecular formula is C23H19ClN4O4. The third kappa shape index (κ3) is 2.90. The molecule has 32 heavy (non-hydrogen) atoms. The third-order valence-electron chi connectivity index (χ3n) is 6.21. The van der Waals surface area contributed by atoms with Crippen molar-refractivity contribution in [2.45, 2.75) is 24.4 Å². The number of ether oxygens (including phenoxy) is 3. The lowest BCUT2D eigenvalue weighted by molar-refractivity contribution is 0.00789. The van der Waals surface area contributed by atoms with E-state index in [0.29, 0.717) is 33.2 Å². The van der Waals surface area contributed by atoms with Crippen molar-refractivity contribution in [3.8, 4) is 23.2 Å². The van der Waals surface area contributed by atoms with E-state index in [1.165, 1.54) is 0 Å². The highest BCUT2D eigenvalue weighted by Crippen LogP contribution is 2.36. The molecule has 0 spiro atoms. The molecule has 2 aliphatic heterocycles. The number of aliphatic hydroxyl groups is 1. The number of aromatic amines is 1. The molecular weight excluding hydrogens is 432 g/mol. The summed E-state index contributed by atoms with van der Waals surface area (Å²) in [5.74, 6) is 0.293. The first-order valence-corrected chi connectivity index (χ1v) is 10.7. The second kappa shape index (κ2) is 7.22. The number of nitrogens with one attached hydrogen (secondary N) is 1. The monoisotopic (exact) mass is 450 g/mol. The molecule has 162 valence electrons. The van der Waals surface area contributed by atoms with E-state index in [-0.39, 0.29) is 19.3 Å². The number of rotatable bonds is 3. The van der Waals surface area contributed by atoms with Gasteiger partial charge < -0.3 is 28.9 Å². The van der Waals surface area contributed by atoms with Crippen LogP contribution in [0, 0.1) is 11.3 Å². The van der Waals surface area contributed by atoms with Crippen LogP contribution in [0.5, 0.6) is 5.88 Å². The van der Waals surface area contributed by atoms with Crippen LogP contribution in [0.3, 0.4) is 0 Å². The van der Waals surface area contributed by atoms with Gasteiger partial charge in [-0.3, -0.25) is 0 Å². The van der Waals surface area contributed by atoms with Gasteiger partial charge in [-0.15, -0.1) is 0 Å². The van der Waals surface area contributed by atoms with Gasteiger partial charge in [0.05, 0.1) is 29.4 Å². The van der Waals surface area contributed by atoms with Gasteiger partial charge >= 0.3 is 0 Å². The second-order valence-electron chi connectivity index (χ2n) is 8.18. The molecule has 0 radical (unpaired) electrons. The molecule has 2 saturated heterocycles. The number of benzene rings is 1. The summed E-state index contributed by atoms with van der Waals surface area (Å²) in [7, 11) is 1.99. The number of hydrogen-bond donors (Lipinski definition) is 2. The zero-order valence-electron chi connectivity index (χ0n) is 17.1. The number of halogens is 1. The van der Waals surface area contributed by atoms with Crippen molar-refractivity contribution < 1.29 is 19.3 Å². The van der Waals surface area contributed by atoms with Crippen molar-refractivity contribution in [1.82, 2.24) is 14.5 Å². The van der Waals surface area contributed by atoms with Gasteiger partial charge in [0.15, 0.2) is 6.10 Å². The predicted molar refractivity (Wildman–Crippen MR) is 118 cm³/mol. The average molecular weight is 451 g/mol.